The Labute approximate surface area is 215 Å². The Balaban J connectivity index is 1.32. The molecule has 3 heterocycles. The molecular weight excluding hydrogens is 516 g/mol. The molecule has 192 valence electrons. The summed E-state index contributed by atoms with van der Waals surface area (Å²) < 4.78 is 37.4. The van der Waals surface area contributed by atoms with Gasteiger partial charge in [0.05, 0.1) is 25.7 Å². The molecule has 0 aromatic heterocycles. The highest BCUT2D eigenvalue weighted by Gasteiger charge is 2.53. The third kappa shape index (κ3) is 6.59. The predicted molar refractivity (Wildman–Crippen MR) is 132 cm³/mol. The van der Waals surface area contributed by atoms with E-state index < -0.39 is 0 Å². The maximum Gasteiger partial charge on any atom is 0.306 e. The number of hydrogen-bond acceptors (Lipinski definition) is 7. The second-order valence-electron chi connectivity index (χ2n) is 9.74. The van der Waals surface area contributed by atoms with Crippen molar-refractivity contribution in [3.05, 3.63) is 40.6 Å². The molecule has 6 atom stereocenters. The second kappa shape index (κ2) is 12.1. The highest BCUT2D eigenvalue weighted by Crippen LogP contribution is 2.47. The first kappa shape index (κ1) is 25.1. The van der Waals surface area contributed by atoms with Crippen LogP contribution in [0.2, 0.25) is 0 Å². The molecule has 3 aliphatic heterocycles. The summed E-state index contributed by atoms with van der Waals surface area (Å²) in [7, 11) is 0. The summed E-state index contributed by atoms with van der Waals surface area (Å²) in [6.45, 7) is 1.95. The smallest absolute Gasteiger partial charge is 0.306 e. The van der Waals surface area contributed by atoms with E-state index in [1.165, 1.54) is 0 Å². The fourth-order valence-corrected chi connectivity index (χ4v) is 5.94. The quantitative estimate of drug-likeness (QED) is 0.228. The van der Waals surface area contributed by atoms with Gasteiger partial charge < -0.3 is 28.4 Å². The zero-order valence-electron chi connectivity index (χ0n) is 20.1. The number of fused-ring (bicyclic) bond motifs is 1. The van der Waals surface area contributed by atoms with E-state index in [0.717, 1.165) is 61.1 Å². The number of benzene rings is 1. The van der Waals surface area contributed by atoms with Crippen LogP contribution in [0.3, 0.4) is 0 Å². The van der Waals surface area contributed by atoms with Crippen molar-refractivity contribution in [1.82, 2.24) is 0 Å². The average molecular weight is 551 g/mol. The van der Waals surface area contributed by atoms with Crippen LogP contribution in [0.4, 0.5) is 0 Å². The normalized spacial score (nSPS) is 33.3. The molecule has 3 saturated heterocycles. The summed E-state index contributed by atoms with van der Waals surface area (Å²) in [5.74, 6) is 1.48. The van der Waals surface area contributed by atoms with E-state index in [1.54, 1.807) is 0 Å². The number of hydrogen-bond donors (Lipinski definition) is 0. The summed E-state index contributed by atoms with van der Waals surface area (Å²) in [6.07, 6.45) is 9.15. The SMILES string of the molecule is O=C1C[C@H]2[C@H](/C(=C\CCOc3cccc(Br)c3)OC3CCCCO3)[C@H](OC3CCCCO3)C[C@H]2O1. The van der Waals surface area contributed by atoms with Crippen molar-refractivity contribution in [3.63, 3.8) is 0 Å². The molecule has 35 heavy (non-hydrogen) atoms. The fraction of sp³-hybridized carbons (Fsp3) is 0.667. The average Bonchev–Trinajstić information content (AvgIpc) is 3.37. The second-order valence-corrected chi connectivity index (χ2v) is 10.7. The maximum atomic E-state index is 12.2. The van der Waals surface area contributed by atoms with Crippen molar-refractivity contribution >= 4 is 21.9 Å². The standard InChI is InChI=1S/C27H35BrO7/c28-18-7-5-8-19(15-18)30-14-6-9-21(34-25-10-1-3-12-31-25)27-20-16-24(29)33-22(20)17-23(27)35-26-11-2-4-13-32-26/h5,7-9,15,20,22-23,25-27H,1-4,6,10-14,16-17H2/b21-9+/t20-,22-,23-,25?,26?,27-/m1/s1. The van der Waals surface area contributed by atoms with Crippen molar-refractivity contribution in [2.75, 3.05) is 19.8 Å². The van der Waals surface area contributed by atoms with Gasteiger partial charge in [-0.3, -0.25) is 4.79 Å². The minimum atomic E-state index is -0.273. The summed E-state index contributed by atoms with van der Waals surface area (Å²) in [4.78, 5) is 12.2. The van der Waals surface area contributed by atoms with Gasteiger partial charge in [0.25, 0.3) is 0 Å². The first-order valence-corrected chi connectivity index (χ1v) is 13.8. The molecule has 1 aliphatic carbocycles. The summed E-state index contributed by atoms with van der Waals surface area (Å²) in [6, 6.07) is 7.82. The van der Waals surface area contributed by atoms with Crippen LogP contribution in [-0.2, 0) is 28.5 Å². The van der Waals surface area contributed by atoms with Gasteiger partial charge in [0.2, 0.25) is 0 Å². The molecule has 2 unspecified atom stereocenters. The van der Waals surface area contributed by atoms with Crippen LogP contribution >= 0.6 is 15.9 Å². The lowest BCUT2D eigenvalue weighted by molar-refractivity contribution is -0.201. The third-order valence-electron chi connectivity index (χ3n) is 7.22. The molecule has 1 aromatic carbocycles. The van der Waals surface area contributed by atoms with E-state index in [2.05, 4.69) is 22.0 Å². The minimum Gasteiger partial charge on any atom is -0.493 e. The number of ether oxygens (including phenoxy) is 6. The molecule has 4 aliphatic rings. The number of carbonyl (C=O) groups excluding carboxylic acids is 1. The van der Waals surface area contributed by atoms with Gasteiger partial charge in [-0.05, 0) is 56.4 Å². The Morgan fingerprint density at radius 2 is 1.89 bits per heavy atom. The Morgan fingerprint density at radius 1 is 1.09 bits per heavy atom. The zero-order valence-corrected chi connectivity index (χ0v) is 21.7. The Bertz CT molecular complexity index is 878. The molecule has 0 spiro atoms. The monoisotopic (exact) mass is 550 g/mol. The Kier molecular flexibility index (Phi) is 8.65. The van der Waals surface area contributed by atoms with Crippen molar-refractivity contribution < 1.29 is 33.2 Å². The van der Waals surface area contributed by atoms with Crippen molar-refractivity contribution in [3.8, 4) is 5.75 Å². The highest BCUT2D eigenvalue weighted by molar-refractivity contribution is 9.10. The van der Waals surface area contributed by atoms with Crippen molar-refractivity contribution in [1.29, 1.82) is 0 Å². The van der Waals surface area contributed by atoms with Gasteiger partial charge in [-0.15, -0.1) is 0 Å². The van der Waals surface area contributed by atoms with Gasteiger partial charge >= 0.3 is 5.97 Å². The van der Waals surface area contributed by atoms with Crippen molar-refractivity contribution in [2.45, 2.75) is 82.6 Å². The number of rotatable bonds is 9. The number of carbonyl (C=O) groups is 1. The van der Waals surface area contributed by atoms with Gasteiger partial charge in [0, 0.05) is 42.2 Å². The summed E-state index contributed by atoms with van der Waals surface area (Å²) >= 11 is 3.48. The van der Waals surface area contributed by atoms with Crippen LogP contribution in [0.15, 0.2) is 40.6 Å². The van der Waals surface area contributed by atoms with Crippen molar-refractivity contribution in [2.24, 2.45) is 11.8 Å². The predicted octanol–water partition coefficient (Wildman–Crippen LogP) is 5.51. The van der Waals surface area contributed by atoms with E-state index in [9.17, 15) is 4.79 Å². The summed E-state index contributed by atoms with van der Waals surface area (Å²) in [5, 5.41) is 0. The van der Waals surface area contributed by atoms with E-state index >= 15 is 0 Å². The topological polar surface area (TPSA) is 72.5 Å². The van der Waals surface area contributed by atoms with Gasteiger partial charge in [-0.25, -0.2) is 0 Å². The number of esters is 1. The first-order chi connectivity index (χ1) is 17.2. The lowest BCUT2D eigenvalue weighted by Gasteiger charge is -2.33. The lowest BCUT2D eigenvalue weighted by atomic mass is 9.89. The van der Waals surface area contributed by atoms with Crippen LogP contribution < -0.4 is 4.74 Å². The van der Waals surface area contributed by atoms with Gasteiger partial charge in [0.15, 0.2) is 12.6 Å². The Hall–Kier alpha value is -1.61. The van der Waals surface area contributed by atoms with E-state index in [0.29, 0.717) is 32.5 Å². The molecule has 5 rings (SSSR count). The fourth-order valence-electron chi connectivity index (χ4n) is 5.56. The Morgan fingerprint density at radius 3 is 2.63 bits per heavy atom. The molecule has 0 amide bonds. The molecule has 1 aromatic rings. The number of halogens is 1. The van der Waals surface area contributed by atoms with Crippen LogP contribution in [-0.4, -0.2) is 50.6 Å². The zero-order chi connectivity index (χ0) is 24.0. The molecular formula is C27H35BrO7. The first-order valence-electron chi connectivity index (χ1n) is 13.0. The minimum absolute atomic E-state index is 0.0388. The van der Waals surface area contributed by atoms with Gasteiger partial charge in [0.1, 0.15) is 17.6 Å². The third-order valence-corrected chi connectivity index (χ3v) is 7.71. The van der Waals surface area contributed by atoms with Crippen LogP contribution in [0, 0.1) is 11.8 Å². The molecule has 0 N–H and O–H groups in total. The van der Waals surface area contributed by atoms with E-state index in [4.69, 9.17) is 28.4 Å². The molecule has 4 fully saturated rings. The van der Waals surface area contributed by atoms with Gasteiger partial charge in [-0.2, -0.15) is 0 Å². The molecule has 8 heteroatoms. The van der Waals surface area contributed by atoms with E-state index in [1.807, 2.05) is 24.3 Å². The molecule has 7 nitrogen and oxygen atoms in total. The van der Waals surface area contributed by atoms with Crippen LogP contribution in [0.25, 0.3) is 0 Å². The summed E-state index contributed by atoms with van der Waals surface area (Å²) in [5.41, 5.74) is 0. The largest absolute Gasteiger partial charge is 0.493 e. The van der Waals surface area contributed by atoms with Crippen LogP contribution in [0.5, 0.6) is 5.75 Å². The van der Waals surface area contributed by atoms with Crippen LogP contribution in [0.1, 0.15) is 57.8 Å². The molecule has 0 radical (unpaired) electrons. The molecule has 0 bridgehead atoms. The molecule has 1 saturated carbocycles. The van der Waals surface area contributed by atoms with Gasteiger partial charge in [-0.1, -0.05) is 22.0 Å². The van der Waals surface area contributed by atoms with E-state index in [-0.39, 0.29) is 42.6 Å². The lowest BCUT2D eigenvalue weighted by Crippen LogP contribution is -2.34. The highest BCUT2D eigenvalue weighted by atomic mass is 79.9. The maximum absolute atomic E-state index is 12.2.